The zero-order valence-electron chi connectivity index (χ0n) is 10.0. The first-order valence-electron chi connectivity index (χ1n) is 5.69. The zero-order chi connectivity index (χ0) is 12.1. The molecule has 0 radical (unpaired) electrons. The highest BCUT2D eigenvalue weighted by atomic mass is 15.1. The molecule has 0 aliphatic rings. The molecule has 0 atom stereocenters. The maximum absolute atomic E-state index is 5.64. The minimum absolute atomic E-state index is 0.575. The highest BCUT2D eigenvalue weighted by molar-refractivity contribution is 5.48. The maximum atomic E-state index is 5.64. The van der Waals surface area contributed by atoms with Crippen LogP contribution < -0.4 is 10.6 Å². The molecule has 0 bridgehead atoms. The summed E-state index contributed by atoms with van der Waals surface area (Å²) in [6.45, 7) is 1.38. The van der Waals surface area contributed by atoms with E-state index in [0.29, 0.717) is 6.54 Å². The van der Waals surface area contributed by atoms with E-state index in [1.165, 1.54) is 5.69 Å². The minimum atomic E-state index is 0.575. The van der Waals surface area contributed by atoms with Crippen LogP contribution in [0.4, 0.5) is 5.69 Å². The van der Waals surface area contributed by atoms with Crippen LogP contribution in [0.5, 0.6) is 0 Å². The average molecular weight is 227 g/mol. The number of nitrogens with two attached hydrogens (primary N) is 1. The summed E-state index contributed by atoms with van der Waals surface area (Å²) in [5.41, 5.74) is 9.02. The van der Waals surface area contributed by atoms with Crippen LogP contribution in [0, 0.1) is 0 Å². The van der Waals surface area contributed by atoms with Gasteiger partial charge in [0, 0.05) is 25.5 Å². The van der Waals surface area contributed by atoms with Gasteiger partial charge in [0.05, 0.1) is 12.2 Å². The molecule has 1 aromatic carbocycles. The molecule has 1 aromatic heterocycles. The SMILES string of the molecule is CN(Cc1ccccn1)c1cccc(CN)c1. The summed E-state index contributed by atoms with van der Waals surface area (Å²) < 4.78 is 0. The summed E-state index contributed by atoms with van der Waals surface area (Å²) in [5.74, 6) is 0. The molecular formula is C14H17N3. The van der Waals surface area contributed by atoms with Crippen molar-refractivity contribution in [2.75, 3.05) is 11.9 Å². The van der Waals surface area contributed by atoms with Crippen molar-refractivity contribution in [2.24, 2.45) is 5.73 Å². The molecule has 88 valence electrons. The molecule has 0 spiro atoms. The van der Waals surface area contributed by atoms with Crippen molar-refractivity contribution in [3.63, 3.8) is 0 Å². The van der Waals surface area contributed by atoms with Crippen LogP contribution in [0.1, 0.15) is 11.3 Å². The Hall–Kier alpha value is -1.87. The summed E-state index contributed by atoms with van der Waals surface area (Å²) in [4.78, 5) is 6.49. The van der Waals surface area contributed by atoms with Crippen LogP contribution in [0.25, 0.3) is 0 Å². The number of hydrogen-bond acceptors (Lipinski definition) is 3. The van der Waals surface area contributed by atoms with Crippen LogP contribution in [-0.2, 0) is 13.1 Å². The lowest BCUT2D eigenvalue weighted by Crippen LogP contribution is -2.17. The molecule has 0 amide bonds. The Morgan fingerprint density at radius 3 is 2.76 bits per heavy atom. The van der Waals surface area contributed by atoms with Gasteiger partial charge in [0.15, 0.2) is 0 Å². The van der Waals surface area contributed by atoms with Crippen molar-refractivity contribution in [1.29, 1.82) is 0 Å². The van der Waals surface area contributed by atoms with E-state index in [9.17, 15) is 0 Å². The van der Waals surface area contributed by atoms with Gasteiger partial charge in [-0.25, -0.2) is 0 Å². The lowest BCUT2D eigenvalue weighted by molar-refractivity contribution is 0.882. The first kappa shape index (κ1) is 11.6. The minimum Gasteiger partial charge on any atom is -0.369 e. The summed E-state index contributed by atoms with van der Waals surface area (Å²) in [7, 11) is 2.06. The molecular weight excluding hydrogens is 210 g/mol. The van der Waals surface area contributed by atoms with Crippen molar-refractivity contribution in [1.82, 2.24) is 4.98 Å². The van der Waals surface area contributed by atoms with Gasteiger partial charge in [0.1, 0.15) is 0 Å². The largest absolute Gasteiger partial charge is 0.369 e. The van der Waals surface area contributed by atoms with Crippen LogP contribution in [0.3, 0.4) is 0 Å². The molecule has 0 saturated carbocycles. The second kappa shape index (κ2) is 5.46. The normalized spacial score (nSPS) is 10.2. The van der Waals surface area contributed by atoms with Gasteiger partial charge in [-0.3, -0.25) is 4.98 Å². The fourth-order valence-corrected chi connectivity index (χ4v) is 1.75. The molecule has 0 aliphatic carbocycles. The number of pyridine rings is 1. The second-order valence-electron chi connectivity index (χ2n) is 4.05. The van der Waals surface area contributed by atoms with E-state index in [0.717, 1.165) is 17.8 Å². The summed E-state index contributed by atoms with van der Waals surface area (Å²) >= 11 is 0. The molecule has 3 nitrogen and oxygen atoms in total. The number of benzene rings is 1. The maximum Gasteiger partial charge on any atom is 0.0598 e. The predicted octanol–water partition coefficient (Wildman–Crippen LogP) is 2.18. The molecule has 2 N–H and O–H groups in total. The van der Waals surface area contributed by atoms with E-state index in [4.69, 9.17) is 5.73 Å². The Labute approximate surface area is 102 Å². The summed E-state index contributed by atoms with van der Waals surface area (Å²) in [5, 5.41) is 0. The molecule has 2 rings (SSSR count). The van der Waals surface area contributed by atoms with E-state index in [2.05, 4.69) is 29.1 Å². The number of rotatable bonds is 4. The van der Waals surface area contributed by atoms with E-state index in [1.807, 2.05) is 36.5 Å². The van der Waals surface area contributed by atoms with Crippen LogP contribution in [0.15, 0.2) is 48.7 Å². The number of anilines is 1. The highest BCUT2D eigenvalue weighted by Gasteiger charge is 2.03. The van der Waals surface area contributed by atoms with Crippen molar-refractivity contribution < 1.29 is 0 Å². The molecule has 0 unspecified atom stereocenters. The molecule has 0 saturated heterocycles. The summed E-state index contributed by atoms with van der Waals surface area (Å²) in [6, 6.07) is 14.2. The van der Waals surface area contributed by atoms with Gasteiger partial charge in [0.2, 0.25) is 0 Å². The summed E-state index contributed by atoms with van der Waals surface area (Å²) in [6.07, 6.45) is 1.82. The smallest absolute Gasteiger partial charge is 0.0598 e. The third kappa shape index (κ3) is 3.04. The Balaban J connectivity index is 2.11. The van der Waals surface area contributed by atoms with E-state index < -0.39 is 0 Å². The number of aromatic nitrogens is 1. The van der Waals surface area contributed by atoms with Gasteiger partial charge in [0.25, 0.3) is 0 Å². The third-order valence-corrected chi connectivity index (χ3v) is 2.71. The second-order valence-corrected chi connectivity index (χ2v) is 4.05. The van der Waals surface area contributed by atoms with E-state index in [1.54, 1.807) is 0 Å². The van der Waals surface area contributed by atoms with Gasteiger partial charge in [-0.15, -0.1) is 0 Å². The average Bonchev–Trinajstić information content (AvgIpc) is 2.40. The fourth-order valence-electron chi connectivity index (χ4n) is 1.75. The molecule has 0 fully saturated rings. The zero-order valence-corrected chi connectivity index (χ0v) is 10.0. The Morgan fingerprint density at radius 1 is 1.18 bits per heavy atom. The van der Waals surface area contributed by atoms with Crippen molar-refractivity contribution in [3.8, 4) is 0 Å². The first-order valence-corrected chi connectivity index (χ1v) is 5.69. The Morgan fingerprint density at radius 2 is 2.06 bits per heavy atom. The fraction of sp³-hybridized carbons (Fsp3) is 0.214. The quantitative estimate of drug-likeness (QED) is 0.870. The molecule has 0 aliphatic heterocycles. The van der Waals surface area contributed by atoms with Crippen LogP contribution in [-0.4, -0.2) is 12.0 Å². The Kier molecular flexibility index (Phi) is 3.73. The van der Waals surface area contributed by atoms with Gasteiger partial charge in [-0.2, -0.15) is 0 Å². The van der Waals surface area contributed by atoms with Crippen LogP contribution in [0.2, 0.25) is 0 Å². The van der Waals surface area contributed by atoms with Gasteiger partial charge < -0.3 is 10.6 Å². The monoisotopic (exact) mass is 227 g/mol. The van der Waals surface area contributed by atoms with Crippen molar-refractivity contribution in [2.45, 2.75) is 13.1 Å². The lowest BCUT2D eigenvalue weighted by Gasteiger charge is -2.19. The Bertz CT molecular complexity index is 468. The standard InChI is InChI=1S/C14H17N3/c1-17(11-13-6-2-3-8-16-13)14-7-4-5-12(9-14)10-15/h2-9H,10-11,15H2,1H3. The molecule has 3 heteroatoms. The number of hydrogen-bond donors (Lipinski definition) is 1. The van der Waals surface area contributed by atoms with Gasteiger partial charge >= 0.3 is 0 Å². The van der Waals surface area contributed by atoms with E-state index in [-0.39, 0.29) is 0 Å². The topological polar surface area (TPSA) is 42.2 Å². The first-order chi connectivity index (χ1) is 8.29. The van der Waals surface area contributed by atoms with Gasteiger partial charge in [-0.1, -0.05) is 18.2 Å². The number of nitrogens with zero attached hydrogens (tertiary/aromatic N) is 2. The van der Waals surface area contributed by atoms with Crippen molar-refractivity contribution >= 4 is 5.69 Å². The lowest BCUT2D eigenvalue weighted by atomic mass is 10.2. The highest BCUT2D eigenvalue weighted by Crippen LogP contribution is 2.16. The molecule has 2 aromatic rings. The van der Waals surface area contributed by atoms with E-state index >= 15 is 0 Å². The van der Waals surface area contributed by atoms with Crippen molar-refractivity contribution in [3.05, 3.63) is 59.9 Å². The van der Waals surface area contributed by atoms with Crippen LogP contribution >= 0.6 is 0 Å². The van der Waals surface area contributed by atoms with Gasteiger partial charge in [-0.05, 0) is 29.8 Å². The third-order valence-electron chi connectivity index (χ3n) is 2.71. The predicted molar refractivity (Wildman–Crippen MR) is 70.7 cm³/mol. The molecule has 1 heterocycles. The molecule has 17 heavy (non-hydrogen) atoms.